The van der Waals surface area contributed by atoms with Gasteiger partial charge in [0.15, 0.2) is 0 Å². The second-order valence-corrected chi connectivity index (χ2v) is 5.13. The molecule has 1 N–H and O–H groups in total. The van der Waals surface area contributed by atoms with Gasteiger partial charge in [0.25, 0.3) is 0 Å². The first kappa shape index (κ1) is 12.7. The van der Waals surface area contributed by atoms with Gasteiger partial charge in [-0.1, -0.05) is 32.4 Å². The maximum absolute atomic E-state index is 10.8. The minimum absolute atomic E-state index is 0.0230. The van der Waals surface area contributed by atoms with Crippen LogP contribution >= 0.6 is 11.6 Å². The molecule has 1 aromatic rings. The molecule has 0 aromatic carbocycles. The maximum Gasteiger partial charge on any atom is 0.312 e. The Balaban J connectivity index is 2.91. The van der Waals surface area contributed by atoms with Crippen molar-refractivity contribution in [3.63, 3.8) is 0 Å². The van der Waals surface area contributed by atoms with E-state index in [1.54, 1.807) is 0 Å². The molecule has 0 saturated heterocycles. The summed E-state index contributed by atoms with van der Waals surface area (Å²) in [5.41, 5.74) is -0.0772. The molecule has 0 aliphatic rings. The summed E-state index contributed by atoms with van der Waals surface area (Å²) in [7, 11) is 0. The molecule has 0 aliphatic heterocycles. The number of nitrogens with zero attached hydrogens (tertiary/aromatic N) is 2. The van der Waals surface area contributed by atoms with Gasteiger partial charge < -0.3 is 5.32 Å². The van der Waals surface area contributed by atoms with Gasteiger partial charge in [0.1, 0.15) is 0 Å². The maximum atomic E-state index is 10.8. The standard InChI is InChI=1S/C10H14ClN3O2/c1-10(2,3)6-13-9-8(14(15)16)4-7(11)5-12-9/h4-5H,6H2,1-3H3,(H,12,13). The van der Waals surface area contributed by atoms with E-state index in [0.717, 1.165) is 0 Å². The van der Waals surface area contributed by atoms with E-state index in [1.807, 2.05) is 20.8 Å². The third-order valence-electron chi connectivity index (χ3n) is 1.82. The van der Waals surface area contributed by atoms with Crippen molar-refractivity contribution in [1.29, 1.82) is 0 Å². The molecule has 1 heterocycles. The third kappa shape index (κ3) is 3.66. The van der Waals surface area contributed by atoms with E-state index in [9.17, 15) is 10.1 Å². The van der Waals surface area contributed by atoms with Crippen LogP contribution in [0, 0.1) is 15.5 Å². The zero-order valence-electron chi connectivity index (χ0n) is 9.45. The summed E-state index contributed by atoms with van der Waals surface area (Å²) >= 11 is 5.66. The van der Waals surface area contributed by atoms with Crippen LogP contribution in [0.15, 0.2) is 12.3 Å². The van der Waals surface area contributed by atoms with Crippen LogP contribution in [0.2, 0.25) is 5.02 Å². The fraction of sp³-hybridized carbons (Fsp3) is 0.500. The Morgan fingerprint density at radius 1 is 1.56 bits per heavy atom. The summed E-state index contributed by atoms with van der Waals surface area (Å²) in [6.45, 7) is 6.69. The molecule has 0 fully saturated rings. The van der Waals surface area contributed by atoms with Gasteiger partial charge >= 0.3 is 5.69 Å². The average Bonchev–Trinajstić information content (AvgIpc) is 2.14. The van der Waals surface area contributed by atoms with E-state index in [0.29, 0.717) is 6.54 Å². The molecule has 0 unspecified atom stereocenters. The Labute approximate surface area is 99.0 Å². The normalized spacial score (nSPS) is 11.2. The number of nitrogens with one attached hydrogen (secondary N) is 1. The van der Waals surface area contributed by atoms with Crippen LogP contribution in [-0.4, -0.2) is 16.5 Å². The lowest BCUT2D eigenvalue weighted by Crippen LogP contribution is -2.20. The molecule has 0 amide bonds. The van der Waals surface area contributed by atoms with Crippen molar-refractivity contribution in [2.45, 2.75) is 20.8 Å². The first-order valence-electron chi connectivity index (χ1n) is 4.83. The van der Waals surface area contributed by atoms with E-state index in [1.165, 1.54) is 12.3 Å². The van der Waals surface area contributed by atoms with Crippen molar-refractivity contribution < 1.29 is 4.92 Å². The van der Waals surface area contributed by atoms with Gasteiger partial charge in [0, 0.05) is 18.8 Å². The molecule has 0 bridgehead atoms. The quantitative estimate of drug-likeness (QED) is 0.654. The third-order valence-corrected chi connectivity index (χ3v) is 2.02. The SMILES string of the molecule is CC(C)(C)CNc1ncc(Cl)cc1[N+](=O)[O-]. The lowest BCUT2D eigenvalue weighted by molar-refractivity contribution is -0.384. The van der Waals surface area contributed by atoms with Crippen LogP contribution in [0.5, 0.6) is 0 Å². The highest BCUT2D eigenvalue weighted by Gasteiger charge is 2.18. The van der Waals surface area contributed by atoms with Crippen molar-refractivity contribution in [2.24, 2.45) is 5.41 Å². The van der Waals surface area contributed by atoms with E-state index in [4.69, 9.17) is 11.6 Å². The summed E-state index contributed by atoms with van der Waals surface area (Å²) in [6, 6.07) is 1.29. The Kier molecular flexibility index (Phi) is 3.70. The first-order chi connectivity index (χ1) is 7.29. The minimum Gasteiger partial charge on any atom is -0.364 e. The van der Waals surface area contributed by atoms with Crippen molar-refractivity contribution in [1.82, 2.24) is 4.98 Å². The van der Waals surface area contributed by atoms with Crippen LogP contribution in [0.4, 0.5) is 11.5 Å². The largest absolute Gasteiger partial charge is 0.364 e. The van der Waals surface area contributed by atoms with Crippen molar-refractivity contribution in [3.8, 4) is 0 Å². The number of anilines is 1. The van der Waals surface area contributed by atoms with Gasteiger partial charge in [0.2, 0.25) is 5.82 Å². The summed E-state index contributed by atoms with van der Waals surface area (Å²) in [5, 5.41) is 14.0. The van der Waals surface area contributed by atoms with Crippen molar-refractivity contribution in [3.05, 3.63) is 27.4 Å². The molecule has 0 spiro atoms. The molecule has 0 saturated carbocycles. The molecule has 6 heteroatoms. The van der Waals surface area contributed by atoms with Crippen molar-refractivity contribution >= 4 is 23.1 Å². The monoisotopic (exact) mass is 243 g/mol. The molecule has 16 heavy (non-hydrogen) atoms. The highest BCUT2D eigenvalue weighted by Crippen LogP contribution is 2.26. The highest BCUT2D eigenvalue weighted by molar-refractivity contribution is 6.30. The smallest absolute Gasteiger partial charge is 0.312 e. The van der Waals surface area contributed by atoms with Crippen LogP contribution in [0.25, 0.3) is 0 Å². The molecule has 1 rings (SSSR count). The minimum atomic E-state index is -0.496. The summed E-state index contributed by atoms with van der Waals surface area (Å²) in [6.07, 6.45) is 1.39. The number of hydrogen-bond acceptors (Lipinski definition) is 4. The van der Waals surface area contributed by atoms with Crippen LogP contribution in [0.1, 0.15) is 20.8 Å². The number of nitro groups is 1. The number of halogens is 1. The van der Waals surface area contributed by atoms with E-state index in [-0.39, 0.29) is 21.9 Å². The molecule has 0 aliphatic carbocycles. The first-order valence-corrected chi connectivity index (χ1v) is 5.21. The van der Waals surface area contributed by atoms with E-state index < -0.39 is 4.92 Å². The fourth-order valence-corrected chi connectivity index (χ4v) is 1.20. The number of pyridine rings is 1. The fourth-order valence-electron chi connectivity index (χ4n) is 1.05. The molecule has 0 atom stereocenters. The highest BCUT2D eigenvalue weighted by atomic mass is 35.5. The molecule has 88 valence electrons. The van der Waals surface area contributed by atoms with Crippen LogP contribution in [-0.2, 0) is 0 Å². The zero-order chi connectivity index (χ0) is 12.3. The molecular weight excluding hydrogens is 230 g/mol. The lowest BCUT2D eigenvalue weighted by Gasteiger charge is -2.18. The predicted octanol–water partition coefficient (Wildman–Crippen LogP) is 3.10. The Morgan fingerprint density at radius 3 is 2.69 bits per heavy atom. The summed E-state index contributed by atoms with van der Waals surface area (Å²) < 4.78 is 0. The van der Waals surface area contributed by atoms with Gasteiger partial charge in [-0.05, 0) is 5.41 Å². The van der Waals surface area contributed by atoms with Gasteiger partial charge in [-0.15, -0.1) is 0 Å². The molecule has 5 nitrogen and oxygen atoms in total. The van der Waals surface area contributed by atoms with Crippen LogP contribution < -0.4 is 5.32 Å². The molecular formula is C10H14ClN3O2. The topological polar surface area (TPSA) is 68.1 Å². The van der Waals surface area contributed by atoms with E-state index >= 15 is 0 Å². The van der Waals surface area contributed by atoms with Crippen LogP contribution in [0.3, 0.4) is 0 Å². The number of hydrogen-bond donors (Lipinski definition) is 1. The molecule has 1 aromatic heterocycles. The predicted molar refractivity (Wildman–Crippen MR) is 63.8 cm³/mol. The zero-order valence-corrected chi connectivity index (χ0v) is 10.2. The van der Waals surface area contributed by atoms with Gasteiger partial charge in [-0.25, -0.2) is 4.98 Å². The van der Waals surface area contributed by atoms with Crippen molar-refractivity contribution in [2.75, 3.05) is 11.9 Å². The second kappa shape index (κ2) is 4.65. The van der Waals surface area contributed by atoms with Gasteiger partial charge in [0.05, 0.1) is 9.95 Å². The lowest BCUT2D eigenvalue weighted by atomic mass is 9.97. The number of rotatable bonds is 3. The second-order valence-electron chi connectivity index (χ2n) is 4.69. The van der Waals surface area contributed by atoms with Gasteiger partial charge in [-0.3, -0.25) is 10.1 Å². The Morgan fingerprint density at radius 2 is 2.19 bits per heavy atom. The Bertz CT molecular complexity index is 402. The summed E-state index contributed by atoms with van der Waals surface area (Å²) in [4.78, 5) is 14.2. The van der Waals surface area contributed by atoms with Gasteiger partial charge in [-0.2, -0.15) is 0 Å². The van der Waals surface area contributed by atoms with E-state index in [2.05, 4.69) is 10.3 Å². The summed E-state index contributed by atoms with van der Waals surface area (Å²) in [5.74, 6) is 0.254. The Hall–Kier alpha value is -1.36. The molecule has 0 radical (unpaired) electrons. The average molecular weight is 244 g/mol. The number of aromatic nitrogens is 1.